The third-order valence-corrected chi connectivity index (χ3v) is 3.10. The maximum atomic E-state index is 12.0. The van der Waals surface area contributed by atoms with Crippen molar-refractivity contribution in [1.29, 1.82) is 0 Å². The van der Waals surface area contributed by atoms with Crippen molar-refractivity contribution >= 4 is 11.6 Å². The zero-order valence-electron chi connectivity index (χ0n) is 6.62. The number of alkyl halides is 3. The Morgan fingerprint density at radius 1 is 1.55 bits per heavy atom. The van der Waals surface area contributed by atoms with Crippen LogP contribution in [0.3, 0.4) is 0 Å². The van der Waals surface area contributed by atoms with Crippen molar-refractivity contribution in [3.63, 3.8) is 0 Å². The first kappa shape index (κ1) is 9.24. The van der Waals surface area contributed by atoms with E-state index in [1.807, 2.05) is 6.92 Å². The quantitative estimate of drug-likeness (QED) is 0.586. The second-order valence-corrected chi connectivity index (χ2v) is 3.92. The smallest absolute Gasteiger partial charge is 0.211 e. The van der Waals surface area contributed by atoms with E-state index in [1.165, 1.54) is 0 Å². The van der Waals surface area contributed by atoms with Crippen LogP contribution >= 0.6 is 11.6 Å². The molecule has 1 aliphatic carbocycles. The normalized spacial score (nSPS) is 23.7. The highest BCUT2D eigenvalue weighted by molar-refractivity contribution is 6.18. The summed E-state index contributed by atoms with van der Waals surface area (Å²) < 4.78 is 24.1. The standard InChI is InChI=1S/C8H13ClF2/c1-8(5-9,4-7(10)11)6-2-3-6/h6-7H,2-5H2,1H3. The van der Waals surface area contributed by atoms with Crippen LogP contribution in [-0.4, -0.2) is 12.3 Å². The molecule has 0 radical (unpaired) electrons. The third-order valence-electron chi connectivity index (χ3n) is 2.49. The highest BCUT2D eigenvalue weighted by Crippen LogP contribution is 2.49. The van der Waals surface area contributed by atoms with E-state index in [4.69, 9.17) is 11.6 Å². The van der Waals surface area contributed by atoms with Crippen LogP contribution in [-0.2, 0) is 0 Å². The second-order valence-electron chi connectivity index (χ2n) is 3.66. The van der Waals surface area contributed by atoms with Gasteiger partial charge in [-0.15, -0.1) is 11.6 Å². The SMILES string of the molecule is CC(CCl)(CC(F)F)C1CC1. The summed E-state index contributed by atoms with van der Waals surface area (Å²) in [4.78, 5) is 0. The first-order valence-corrected chi connectivity index (χ1v) is 4.46. The van der Waals surface area contributed by atoms with Gasteiger partial charge in [-0.05, 0) is 24.2 Å². The van der Waals surface area contributed by atoms with Crippen LogP contribution in [0, 0.1) is 11.3 Å². The van der Waals surface area contributed by atoms with Gasteiger partial charge in [0.05, 0.1) is 0 Å². The lowest BCUT2D eigenvalue weighted by atomic mass is 9.84. The largest absolute Gasteiger partial charge is 0.239 e. The van der Waals surface area contributed by atoms with E-state index in [9.17, 15) is 8.78 Å². The van der Waals surface area contributed by atoms with Gasteiger partial charge >= 0.3 is 0 Å². The molecule has 1 fully saturated rings. The fourth-order valence-electron chi connectivity index (χ4n) is 1.46. The lowest BCUT2D eigenvalue weighted by molar-refractivity contribution is 0.0791. The third kappa shape index (κ3) is 2.29. The van der Waals surface area contributed by atoms with Crippen LogP contribution in [0.4, 0.5) is 8.78 Å². The molecule has 0 aromatic heterocycles. The van der Waals surface area contributed by atoms with Crippen molar-refractivity contribution < 1.29 is 8.78 Å². The fraction of sp³-hybridized carbons (Fsp3) is 1.00. The molecule has 11 heavy (non-hydrogen) atoms. The molecule has 0 amide bonds. The van der Waals surface area contributed by atoms with Crippen LogP contribution in [0.2, 0.25) is 0 Å². The zero-order valence-corrected chi connectivity index (χ0v) is 7.37. The van der Waals surface area contributed by atoms with Crippen LogP contribution in [0.5, 0.6) is 0 Å². The molecule has 0 heterocycles. The second kappa shape index (κ2) is 3.26. The summed E-state index contributed by atoms with van der Waals surface area (Å²) in [6.07, 6.45) is -0.0908. The maximum Gasteiger partial charge on any atom is 0.239 e. The predicted molar refractivity (Wildman–Crippen MR) is 42.2 cm³/mol. The van der Waals surface area contributed by atoms with Gasteiger partial charge < -0.3 is 0 Å². The maximum absolute atomic E-state index is 12.0. The van der Waals surface area contributed by atoms with Crippen LogP contribution < -0.4 is 0 Å². The van der Waals surface area contributed by atoms with Crippen molar-refractivity contribution in [2.45, 2.75) is 32.6 Å². The summed E-state index contributed by atoms with van der Waals surface area (Å²) in [5.74, 6) is 0.816. The summed E-state index contributed by atoms with van der Waals surface area (Å²) in [6.45, 7) is 1.86. The molecular weight excluding hydrogens is 170 g/mol. The Kier molecular flexibility index (Phi) is 2.74. The van der Waals surface area contributed by atoms with E-state index < -0.39 is 6.43 Å². The van der Waals surface area contributed by atoms with E-state index in [-0.39, 0.29) is 11.8 Å². The Balaban J connectivity index is 2.44. The van der Waals surface area contributed by atoms with Gasteiger partial charge in [0.1, 0.15) is 0 Å². The van der Waals surface area contributed by atoms with Crippen molar-refractivity contribution in [3.8, 4) is 0 Å². The molecule has 3 heteroatoms. The number of hydrogen-bond acceptors (Lipinski definition) is 0. The van der Waals surface area contributed by atoms with Crippen molar-refractivity contribution in [3.05, 3.63) is 0 Å². The molecule has 0 aromatic rings. The van der Waals surface area contributed by atoms with Gasteiger partial charge in [0.15, 0.2) is 0 Å². The summed E-state index contributed by atoms with van der Waals surface area (Å²) in [5.41, 5.74) is -0.310. The first-order valence-electron chi connectivity index (χ1n) is 3.92. The highest BCUT2D eigenvalue weighted by atomic mass is 35.5. The monoisotopic (exact) mass is 182 g/mol. The van der Waals surface area contributed by atoms with E-state index in [2.05, 4.69) is 0 Å². The van der Waals surface area contributed by atoms with Gasteiger partial charge in [0.2, 0.25) is 6.43 Å². The fourth-order valence-corrected chi connectivity index (χ4v) is 1.79. The molecule has 1 saturated carbocycles. The minimum Gasteiger partial charge on any atom is -0.211 e. The minimum atomic E-state index is -2.21. The Morgan fingerprint density at radius 3 is 2.36 bits per heavy atom. The molecule has 0 aromatic carbocycles. The molecule has 1 rings (SSSR count). The van der Waals surface area contributed by atoms with E-state index >= 15 is 0 Å². The number of hydrogen-bond donors (Lipinski definition) is 0. The Bertz CT molecular complexity index is 134. The summed E-state index contributed by atoms with van der Waals surface area (Å²) in [5, 5.41) is 0. The summed E-state index contributed by atoms with van der Waals surface area (Å²) in [7, 11) is 0. The molecule has 0 nitrogen and oxygen atoms in total. The van der Waals surface area contributed by atoms with Crippen molar-refractivity contribution in [2.24, 2.45) is 11.3 Å². The van der Waals surface area contributed by atoms with Crippen molar-refractivity contribution in [2.75, 3.05) is 5.88 Å². The summed E-state index contributed by atoms with van der Waals surface area (Å²) >= 11 is 5.65. The zero-order chi connectivity index (χ0) is 8.48. The molecule has 1 atom stereocenters. The summed E-state index contributed by atoms with van der Waals surface area (Å²) in [6, 6.07) is 0. The lowest BCUT2D eigenvalue weighted by Crippen LogP contribution is -2.24. The Labute approximate surface area is 70.9 Å². The Hall–Kier alpha value is 0.150. The van der Waals surface area contributed by atoms with E-state index in [0.717, 1.165) is 12.8 Å². The van der Waals surface area contributed by atoms with Gasteiger partial charge in [-0.25, -0.2) is 8.78 Å². The molecule has 0 aliphatic heterocycles. The topological polar surface area (TPSA) is 0 Å². The van der Waals surface area contributed by atoms with Gasteiger partial charge in [-0.3, -0.25) is 0 Å². The average molecular weight is 183 g/mol. The van der Waals surface area contributed by atoms with Crippen molar-refractivity contribution in [1.82, 2.24) is 0 Å². The highest BCUT2D eigenvalue weighted by Gasteiger charge is 2.42. The molecule has 66 valence electrons. The predicted octanol–water partition coefficient (Wildman–Crippen LogP) is 3.30. The van der Waals surface area contributed by atoms with Gasteiger partial charge in [-0.1, -0.05) is 6.92 Å². The molecule has 1 unspecified atom stereocenters. The lowest BCUT2D eigenvalue weighted by Gasteiger charge is -2.26. The molecule has 0 spiro atoms. The average Bonchev–Trinajstić information content (AvgIpc) is 2.66. The molecule has 1 aliphatic rings. The van der Waals surface area contributed by atoms with Crippen LogP contribution in [0.25, 0.3) is 0 Å². The molecule has 0 bridgehead atoms. The van der Waals surface area contributed by atoms with Gasteiger partial charge in [0.25, 0.3) is 0 Å². The molecule has 0 N–H and O–H groups in total. The van der Waals surface area contributed by atoms with Gasteiger partial charge in [0, 0.05) is 12.3 Å². The first-order chi connectivity index (χ1) is 5.08. The molecular formula is C8H13ClF2. The number of halogens is 3. The van der Waals surface area contributed by atoms with E-state index in [0.29, 0.717) is 11.8 Å². The Morgan fingerprint density at radius 2 is 2.09 bits per heavy atom. The molecule has 0 saturated heterocycles. The van der Waals surface area contributed by atoms with Crippen LogP contribution in [0.15, 0.2) is 0 Å². The van der Waals surface area contributed by atoms with Gasteiger partial charge in [-0.2, -0.15) is 0 Å². The minimum absolute atomic E-state index is 0.0405. The van der Waals surface area contributed by atoms with E-state index in [1.54, 1.807) is 0 Å². The number of rotatable bonds is 4. The van der Waals surface area contributed by atoms with Crippen LogP contribution in [0.1, 0.15) is 26.2 Å².